The normalized spacial score (nSPS) is 15.8. The second-order valence-corrected chi connectivity index (χ2v) is 5.39. The highest BCUT2D eigenvalue weighted by atomic mass is 16.5. The number of carbonyl (C=O) groups is 2. The second kappa shape index (κ2) is 7.08. The zero-order valence-corrected chi connectivity index (χ0v) is 11.9. The van der Waals surface area contributed by atoms with Gasteiger partial charge in [-0.2, -0.15) is 0 Å². The van der Waals surface area contributed by atoms with Crippen LogP contribution in [0.25, 0.3) is 0 Å². The standard InChI is InChI=1S/C15H21N3O3/c16-13(19)9-15(10-21-11-15)18-14(20)17-8-4-7-12-5-2-1-3-6-12/h1-3,5-6H,4,7-11H2,(H2,16,19)(H2,17,18,20). The predicted molar refractivity (Wildman–Crippen MR) is 78.7 cm³/mol. The first-order valence-electron chi connectivity index (χ1n) is 7.06. The van der Waals surface area contributed by atoms with Crippen LogP contribution < -0.4 is 16.4 Å². The summed E-state index contributed by atoms with van der Waals surface area (Å²) < 4.78 is 5.07. The number of primary amides is 1. The van der Waals surface area contributed by atoms with Gasteiger partial charge in [0, 0.05) is 6.54 Å². The predicted octanol–water partition coefficient (Wildman–Crippen LogP) is 0.563. The summed E-state index contributed by atoms with van der Waals surface area (Å²) in [7, 11) is 0. The average molecular weight is 291 g/mol. The van der Waals surface area contributed by atoms with Crippen molar-refractivity contribution in [3.05, 3.63) is 35.9 Å². The van der Waals surface area contributed by atoms with E-state index >= 15 is 0 Å². The first-order chi connectivity index (χ1) is 10.1. The minimum atomic E-state index is -0.630. The lowest BCUT2D eigenvalue weighted by molar-refractivity contribution is -0.127. The van der Waals surface area contributed by atoms with E-state index in [0.717, 1.165) is 12.8 Å². The first-order valence-corrected chi connectivity index (χ1v) is 7.06. The third-order valence-electron chi connectivity index (χ3n) is 3.42. The summed E-state index contributed by atoms with van der Waals surface area (Å²) in [5.74, 6) is -0.442. The van der Waals surface area contributed by atoms with Crippen molar-refractivity contribution in [1.82, 2.24) is 10.6 Å². The van der Waals surface area contributed by atoms with Crippen molar-refractivity contribution in [3.8, 4) is 0 Å². The van der Waals surface area contributed by atoms with Gasteiger partial charge in [-0.3, -0.25) is 4.79 Å². The fourth-order valence-corrected chi connectivity index (χ4v) is 2.32. The van der Waals surface area contributed by atoms with E-state index in [9.17, 15) is 9.59 Å². The minimum absolute atomic E-state index is 0.102. The van der Waals surface area contributed by atoms with E-state index in [0.29, 0.717) is 19.8 Å². The van der Waals surface area contributed by atoms with E-state index in [1.807, 2.05) is 18.2 Å². The Morgan fingerprint density at radius 1 is 1.24 bits per heavy atom. The fourth-order valence-electron chi connectivity index (χ4n) is 2.32. The fraction of sp³-hybridized carbons (Fsp3) is 0.467. The maximum absolute atomic E-state index is 11.8. The molecule has 1 fully saturated rings. The summed E-state index contributed by atoms with van der Waals surface area (Å²) in [5, 5.41) is 5.58. The maximum Gasteiger partial charge on any atom is 0.315 e. The van der Waals surface area contributed by atoms with E-state index in [1.165, 1.54) is 5.56 Å². The molecule has 0 saturated carbocycles. The third kappa shape index (κ3) is 4.75. The molecule has 2 rings (SSSR count). The van der Waals surface area contributed by atoms with Gasteiger partial charge in [-0.15, -0.1) is 0 Å². The van der Waals surface area contributed by atoms with Crippen molar-refractivity contribution >= 4 is 11.9 Å². The molecular formula is C15H21N3O3. The molecule has 0 radical (unpaired) electrons. The van der Waals surface area contributed by atoms with Crippen molar-refractivity contribution in [3.63, 3.8) is 0 Å². The number of ether oxygens (including phenoxy) is 1. The summed E-state index contributed by atoms with van der Waals surface area (Å²) in [6.45, 7) is 1.23. The maximum atomic E-state index is 11.8. The van der Waals surface area contributed by atoms with Crippen molar-refractivity contribution < 1.29 is 14.3 Å². The molecule has 114 valence electrons. The van der Waals surface area contributed by atoms with Gasteiger partial charge in [0.15, 0.2) is 0 Å². The lowest BCUT2D eigenvalue weighted by Crippen LogP contribution is -2.65. The number of rotatable bonds is 7. The van der Waals surface area contributed by atoms with Crippen LogP contribution in [0.3, 0.4) is 0 Å². The Morgan fingerprint density at radius 2 is 1.95 bits per heavy atom. The van der Waals surface area contributed by atoms with E-state index in [-0.39, 0.29) is 12.5 Å². The average Bonchev–Trinajstić information content (AvgIpc) is 2.42. The van der Waals surface area contributed by atoms with Gasteiger partial charge in [-0.05, 0) is 18.4 Å². The van der Waals surface area contributed by atoms with Crippen LogP contribution in [-0.4, -0.2) is 37.2 Å². The van der Waals surface area contributed by atoms with E-state index in [2.05, 4.69) is 22.8 Å². The number of nitrogens with two attached hydrogens (primary N) is 1. The van der Waals surface area contributed by atoms with Crippen molar-refractivity contribution in [2.24, 2.45) is 5.73 Å². The zero-order chi connectivity index (χ0) is 15.1. The molecule has 4 N–H and O–H groups in total. The van der Waals surface area contributed by atoms with Crippen LogP contribution in [0.5, 0.6) is 0 Å². The topological polar surface area (TPSA) is 93.5 Å². The van der Waals surface area contributed by atoms with Crippen LogP contribution >= 0.6 is 0 Å². The molecule has 0 atom stereocenters. The summed E-state index contributed by atoms with van der Waals surface area (Å²) in [5.41, 5.74) is 5.80. The Labute approximate surface area is 124 Å². The number of urea groups is 1. The molecule has 3 amide bonds. The van der Waals surface area contributed by atoms with Gasteiger partial charge in [0.2, 0.25) is 5.91 Å². The Balaban J connectivity index is 1.66. The smallest absolute Gasteiger partial charge is 0.315 e. The van der Waals surface area contributed by atoms with Gasteiger partial charge in [0.1, 0.15) is 0 Å². The molecule has 1 aliphatic rings. The molecule has 6 nitrogen and oxygen atoms in total. The Bertz CT molecular complexity index is 486. The molecule has 1 aromatic rings. The third-order valence-corrected chi connectivity index (χ3v) is 3.42. The Hall–Kier alpha value is -2.08. The minimum Gasteiger partial charge on any atom is -0.376 e. The number of hydrogen-bond acceptors (Lipinski definition) is 3. The lowest BCUT2D eigenvalue weighted by Gasteiger charge is -2.41. The van der Waals surface area contributed by atoms with Crippen LogP contribution in [0.1, 0.15) is 18.4 Å². The van der Waals surface area contributed by atoms with E-state index < -0.39 is 11.4 Å². The highest BCUT2D eigenvalue weighted by molar-refractivity contribution is 5.79. The molecule has 1 saturated heterocycles. The quantitative estimate of drug-likeness (QED) is 0.641. The number of nitrogens with one attached hydrogen (secondary N) is 2. The number of amides is 3. The molecular weight excluding hydrogens is 270 g/mol. The lowest BCUT2D eigenvalue weighted by atomic mass is 9.93. The zero-order valence-electron chi connectivity index (χ0n) is 11.9. The van der Waals surface area contributed by atoms with Crippen molar-refractivity contribution in [1.29, 1.82) is 0 Å². The van der Waals surface area contributed by atoms with Gasteiger partial charge in [-0.25, -0.2) is 4.79 Å². The van der Waals surface area contributed by atoms with Crippen molar-refractivity contribution in [2.75, 3.05) is 19.8 Å². The highest BCUT2D eigenvalue weighted by Crippen LogP contribution is 2.20. The van der Waals surface area contributed by atoms with Gasteiger partial charge in [0.05, 0.1) is 25.2 Å². The molecule has 1 aliphatic heterocycles. The van der Waals surface area contributed by atoms with Gasteiger partial charge in [-0.1, -0.05) is 30.3 Å². The molecule has 0 spiro atoms. The number of carbonyl (C=O) groups excluding carboxylic acids is 2. The summed E-state index contributed by atoms with van der Waals surface area (Å²) in [6, 6.07) is 9.82. The summed E-state index contributed by atoms with van der Waals surface area (Å²) >= 11 is 0. The summed E-state index contributed by atoms with van der Waals surface area (Å²) in [6.07, 6.45) is 1.87. The van der Waals surface area contributed by atoms with Crippen LogP contribution in [0.4, 0.5) is 4.79 Å². The van der Waals surface area contributed by atoms with Crippen LogP contribution in [0.15, 0.2) is 30.3 Å². The summed E-state index contributed by atoms with van der Waals surface area (Å²) in [4.78, 5) is 22.8. The largest absolute Gasteiger partial charge is 0.376 e. The second-order valence-electron chi connectivity index (χ2n) is 5.39. The van der Waals surface area contributed by atoms with Gasteiger partial charge in [0.25, 0.3) is 0 Å². The van der Waals surface area contributed by atoms with E-state index in [1.54, 1.807) is 0 Å². The molecule has 0 bridgehead atoms. The van der Waals surface area contributed by atoms with E-state index in [4.69, 9.17) is 10.5 Å². The number of benzene rings is 1. The molecule has 6 heteroatoms. The highest BCUT2D eigenvalue weighted by Gasteiger charge is 2.41. The van der Waals surface area contributed by atoms with Crippen LogP contribution in [0, 0.1) is 0 Å². The monoisotopic (exact) mass is 291 g/mol. The molecule has 0 unspecified atom stereocenters. The van der Waals surface area contributed by atoms with Crippen LogP contribution in [-0.2, 0) is 16.0 Å². The molecule has 21 heavy (non-hydrogen) atoms. The number of hydrogen-bond donors (Lipinski definition) is 3. The Morgan fingerprint density at radius 3 is 2.52 bits per heavy atom. The molecule has 0 aromatic heterocycles. The molecule has 0 aliphatic carbocycles. The van der Waals surface area contributed by atoms with Gasteiger partial charge < -0.3 is 21.1 Å². The van der Waals surface area contributed by atoms with Gasteiger partial charge >= 0.3 is 6.03 Å². The molecule has 1 aromatic carbocycles. The van der Waals surface area contributed by atoms with Crippen molar-refractivity contribution in [2.45, 2.75) is 24.8 Å². The first kappa shape index (κ1) is 15.3. The SMILES string of the molecule is NC(=O)CC1(NC(=O)NCCCc2ccccc2)COC1. The molecule has 1 heterocycles. The number of aryl methyl sites for hydroxylation is 1. The van der Waals surface area contributed by atoms with Crippen LogP contribution in [0.2, 0.25) is 0 Å². The Kier molecular flexibility index (Phi) is 5.16.